The Morgan fingerprint density at radius 3 is 2.19 bits per heavy atom. The summed E-state index contributed by atoms with van der Waals surface area (Å²) in [5.74, 6) is -2.94. The van der Waals surface area contributed by atoms with Crippen molar-refractivity contribution in [1.29, 1.82) is 0 Å². The van der Waals surface area contributed by atoms with Crippen molar-refractivity contribution in [1.82, 2.24) is 10.6 Å². The van der Waals surface area contributed by atoms with Crippen LogP contribution >= 0.6 is 0 Å². The average molecular weight is 506 g/mol. The second-order valence-electron chi connectivity index (χ2n) is 9.59. The van der Waals surface area contributed by atoms with Gasteiger partial charge in [0.05, 0.1) is 6.42 Å². The number of rotatable bonds is 16. The fourth-order valence-corrected chi connectivity index (χ4v) is 3.66. The maximum Gasteiger partial charge on any atom is 0.325 e. The summed E-state index contributed by atoms with van der Waals surface area (Å²) in [6.07, 6.45) is 2.72. The van der Waals surface area contributed by atoms with Crippen LogP contribution in [0.25, 0.3) is 0 Å². The Hall–Kier alpha value is -2.94. The van der Waals surface area contributed by atoms with Crippen molar-refractivity contribution in [2.75, 3.05) is 0 Å². The molecule has 0 aliphatic carbocycles. The molecule has 9 nitrogen and oxygen atoms in total. The fourth-order valence-electron chi connectivity index (χ4n) is 3.66. The Morgan fingerprint density at radius 2 is 1.64 bits per heavy atom. The first-order valence-corrected chi connectivity index (χ1v) is 12.8. The van der Waals surface area contributed by atoms with E-state index in [9.17, 15) is 19.2 Å². The molecule has 0 radical (unpaired) electrons. The zero-order chi connectivity index (χ0) is 27.3. The van der Waals surface area contributed by atoms with Gasteiger partial charge in [-0.1, -0.05) is 77.3 Å². The van der Waals surface area contributed by atoms with Crippen molar-refractivity contribution in [2.45, 2.75) is 97.4 Å². The van der Waals surface area contributed by atoms with E-state index in [2.05, 4.69) is 17.6 Å². The Morgan fingerprint density at radius 1 is 1.00 bits per heavy atom. The third-order valence-electron chi connectivity index (χ3n) is 6.49. The van der Waals surface area contributed by atoms with Gasteiger partial charge in [-0.3, -0.25) is 19.2 Å². The van der Waals surface area contributed by atoms with Crippen LogP contribution in [-0.4, -0.2) is 53.1 Å². The van der Waals surface area contributed by atoms with Gasteiger partial charge < -0.3 is 26.2 Å². The van der Waals surface area contributed by atoms with Gasteiger partial charge >= 0.3 is 11.9 Å². The molecule has 0 saturated carbocycles. The van der Waals surface area contributed by atoms with E-state index in [1.165, 1.54) is 6.92 Å². The van der Waals surface area contributed by atoms with E-state index in [4.69, 9.17) is 15.6 Å². The Bertz CT molecular complexity index is 847. The molecule has 5 N–H and O–H groups in total. The first-order valence-electron chi connectivity index (χ1n) is 12.8. The molecule has 0 heterocycles. The van der Waals surface area contributed by atoms with Crippen LogP contribution in [0.4, 0.5) is 0 Å². The molecule has 0 aliphatic rings. The van der Waals surface area contributed by atoms with Gasteiger partial charge in [-0.05, 0) is 30.7 Å². The number of carboxylic acids is 1. The van der Waals surface area contributed by atoms with Crippen LogP contribution in [-0.2, 0) is 30.3 Å². The highest BCUT2D eigenvalue weighted by Gasteiger charge is 2.31. The quantitative estimate of drug-likeness (QED) is 0.253. The van der Waals surface area contributed by atoms with Crippen molar-refractivity contribution >= 4 is 23.8 Å². The minimum atomic E-state index is -1.18. The van der Waals surface area contributed by atoms with Crippen LogP contribution < -0.4 is 16.4 Å². The predicted molar refractivity (Wildman–Crippen MR) is 138 cm³/mol. The SMILES string of the molecule is CCCC[C@H](C)[C@H](CC(=O)N[C@H](Cc1ccccc1)C(=O)N[C@@H](C)C(=O)O)OC(=O)[C@H](N)[C@H](C)CC. The maximum atomic E-state index is 13.1. The molecule has 0 saturated heterocycles. The minimum Gasteiger partial charge on any atom is -0.480 e. The van der Waals surface area contributed by atoms with Crippen molar-refractivity contribution < 1.29 is 29.0 Å². The molecule has 1 aromatic carbocycles. The molecular weight excluding hydrogens is 462 g/mol. The number of carbonyl (C=O) groups excluding carboxylic acids is 3. The molecule has 0 fully saturated rings. The number of ether oxygens (including phenoxy) is 1. The normalized spacial score (nSPS) is 16.1. The van der Waals surface area contributed by atoms with Crippen LogP contribution in [0.3, 0.4) is 0 Å². The first kappa shape index (κ1) is 31.1. The molecule has 2 amide bonds. The molecule has 9 heteroatoms. The smallest absolute Gasteiger partial charge is 0.325 e. The van der Waals surface area contributed by atoms with E-state index in [0.29, 0.717) is 0 Å². The van der Waals surface area contributed by atoms with E-state index >= 15 is 0 Å². The van der Waals surface area contributed by atoms with Gasteiger partial charge in [-0.15, -0.1) is 0 Å². The monoisotopic (exact) mass is 505 g/mol. The van der Waals surface area contributed by atoms with Crippen molar-refractivity contribution in [3.8, 4) is 0 Å². The number of nitrogens with two attached hydrogens (primary N) is 1. The van der Waals surface area contributed by atoms with Gasteiger partial charge in [-0.25, -0.2) is 0 Å². The predicted octanol–water partition coefficient (Wildman–Crippen LogP) is 2.80. The van der Waals surface area contributed by atoms with E-state index in [1.807, 2.05) is 51.1 Å². The molecule has 0 aromatic heterocycles. The zero-order valence-electron chi connectivity index (χ0n) is 22.2. The highest BCUT2D eigenvalue weighted by atomic mass is 16.5. The van der Waals surface area contributed by atoms with Crippen molar-refractivity contribution in [3.63, 3.8) is 0 Å². The fraction of sp³-hybridized carbons (Fsp3) is 0.630. The number of carboxylic acid groups (broad SMARTS) is 1. The third-order valence-corrected chi connectivity index (χ3v) is 6.49. The van der Waals surface area contributed by atoms with Crippen molar-refractivity contribution in [3.05, 3.63) is 35.9 Å². The standard InChI is InChI=1S/C27H43N3O6/c1-6-8-12-18(4)22(36-27(35)24(28)17(3)7-2)16-23(31)30-21(15-20-13-10-9-11-14-20)25(32)29-19(5)26(33)34/h9-11,13-14,17-19,21-22,24H,6-8,12,15-16,28H2,1-5H3,(H,29,32)(H,30,31)(H,33,34)/t17-,18+,19+,21-,22+,24-/m1/s1. The van der Waals surface area contributed by atoms with Crippen LogP contribution in [0.5, 0.6) is 0 Å². The second kappa shape index (κ2) is 15.9. The van der Waals surface area contributed by atoms with Gasteiger partial charge in [0.25, 0.3) is 0 Å². The Balaban J connectivity index is 3.02. The minimum absolute atomic E-state index is 0.0619. The molecule has 0 bridgehead atoms. The molecule has 36 heavy (non-hydrogen) atoms. The lowest BCUT2D eigenvalue weighted by Crippen LogP contribution is -2.52. The molecule has 0 unspecified atom stereocenters. The number of hydrogen-bond acceptors (Lipinski definition) is 6. The van der Waals surface area contributed by atoms with E-state index < -0.39 is 48.0 Å². The summed E-state index contributed by atoms with van der Waals surface area (Å²) in [6.45, 7) is 9.16. The second-order valence-corrected chi connectivity index (χ2v) is 9.59. The summed E-state index contributed by atoms with van der Waals surface area (Å²) >= 11 is 0. The molecule has 1 aromatic rings. The van der Waals surface area contributed by atoms with Crippen LogP contribution in [0.15, 0.2) is 30.3 Å². The average Bonchev–Trinajstić information content (AvgIpc) is 2.85. The Kier molecular flexibility index (Phi) is 13.8. The van der Waals surface area contributed by atoms with Gasteiger partial charge in [0.1, 0.15) is 24.2 Å². The van der Waals surface area contributed by atoms with Crippen molar-refractivity contribution in [2.24, 2.45) is 17.6 Å². The summed E-state index contributed by atoms with van der Waals surface area (Å²) < 4.78 is 5.72. The summed E-state index contributed by atoms with van der Waals surface area (Å²) in [7, 11) is 0. The topological polar surface area (TPSA) is 148 Å². The summed E-state index contributed by atoms with van der Waals surface area (Å²) in [6, 6.07) is 6.22. The number of benzene rings is 1. The Labute approximate surface area is 214 Å². The number of unbranched alkanes of at least 4 members (excludes halogenated alkanes) is 1. The summed E-state index contributed by atoms with van der Waals surface area (Å²) in [5.41, 5.74) is 6.86. The maximum absolute atomic E-state index is 13.1. The van der Waals surface area contributed by atoms with Gasteiger partial charge in [0.15, 0.2) is 0 Å². The number of nitrogens with one attached hydrogen (secondary N) is 2. The number of hydrogen-bond donors (Lipinski definition) is 4. The molecule has 0 aliphatic heterocycles. The number of aliphatic carboxylic acids is 1. The lowest BCUT2D eigenvalue weighted by molar-refractivity contribution is -0.156. The zero-order valence-corrected chi connectivity index (χ0v) is 22.2. The molecule has 202 valence electrons. The van der Waals surface area contributed by atoms with Gasteiger partial charge in [0, 0.05) is 6.42 Å². The molecule has 6 atom stereocenters. The lowest BCUT2D eigenvalue weighted by atomic mass is 9.94. The van der Waals surface area contributed by atoms with E-state index in [0.717, 1.165) is 31.2 Å². The number of carbonyl (C=O) groups is 4. The molecular formula is C27H43N3O6. The number of amides is 2. The largest absolute Gasteiger partial charge is 0.480 e. The summed E-state index contributed by atoms with van der Waals surface area (Å²) in [5, 5.41) is 14.3. The third kappa shape index (κ3) is 10.8. The van der Waals surface area contributed by atoms with Crippen LogP contribution in [0.2, 0.25) is 0 Å². The summed E-state index contributed by atoms with van der Waals surface area (Å²) in [4.78, 5) is 49.8. The highest BCUT2D eigenvalue weighted by molar-refractivity contribution is 5.90. The first-order chi connectivity index (χ1) is 17.0. The van der Waals surface area contributed by atoms with E-state index in [-0.39, 0.29) is 24.7 Å². The highest BCUT2D eigenvalue weighted by Crippen LogP contribution is 2.20. The number of esters is 1. The molecule has 1 rings (SSSR count). The van der Waals surface area contributed by atoms with Crippen LogP contribution in [0.1, 0.15) is 72.3 Å². The van der Waals surface area contributed by atoms with Gasteiger partial charge in [0.2, 0.25) is 11.8 Å². The molecule has 0 spiro atoms. The lowest BCUT2D eigenvalue weighted by Gasteiger charge is -2.27. The van der Waals surface area contributed by atoms with E-state index in [1.54, 1.807) is 0 Å². The van der Waals surface area contributed by atoms with Crippen LogP contribution in [0, 0.1) is 11.8 Å². The van der Waals surface area contributed by atoms with Gasteiger partial charge in [-0.2, -0.15) is 0 Å².